The minimum atomic E-state index is -4.52. The molecule has 2 fully saturated rings. The van der Waals surface area contributed by atoms with Crippen molar-refractivity contribution in [2.24, 2.45) is 0 Å². The number of nitrogens with one attached hydrogen (secondary N) is 1. The summed E-state index contributed by atoms with van der Waals surface area (Å²) >= 11 is 0. The van der Waals surface area contributed by atoms with Gasteiger partial charge in [0.25, 0.3) is 0 Å². The number of hydrogen-bond acceptors (Lipinski definition) is 5. The molecule has 1 unspecified atom stereocenters. The summed E-state index contributed by atoms with van der Waals surface area (Å²) in [5.41, 5.74) is 0.756. The molecule has 1 atom stereocenters. The third kappa shape index (κ3) is 5.01. The zero-order valence-electron chi connectivity index (χ0n) is 19.2. The number of methoxy groups -OCH3 is 2. The predicted octanol–water partition coefficient (Wildman–Crippen LogP) is 4.93. The Hall–Kier alpha value is -3.14. The van der Waals surface area contributed by atoms with Crippen molar-refractivity contribution in [1.82, 2.24) is 4.90 Å². The van der Waals surface area contributed by atoms with Crippen LogP contribution >= 0.6 is 0 Å². The molecule has 2 amide bonds. The number of amides is 2. The number of carbonyl (C=O) groups excluding carboxylic acids is 1. The third-order valence-corrected chi connectivity index (χ3v) is 6.22. The lowest BCUT2D eigenvalue weighted by Gasteiger charge is -2.32. The van der Waals surface area contributed by atoms with Gasteiger partial charge in [0.2, 0.25) is 0 Å². The molecule has 2 aliphatic heterocycles. The Balaban J connectivity index is 1.60. The van der Waals surface area contributed by atoms with Gasteiger partial charge in [0.15, 0.2) is 11.5 Å². The SMILES string of the molecule is COc1ccc(C2CCCN2C(=O)Nc2cc(C(F)(F)F)ccc2N2CCOCC2)cc1OC. The number of urea groups is 1. The fraction of sp³-hybridized carbons (Fsp3) is 0.458. The summed E-state index contributed by atoms with van der Waals surface area (Å²) in [5.74, 6) is 1.14. The first kappa shape index (κ1) is 24.0. The molecular formula is C24H28F3N3O4. The highest BCUT2D eigenvalue weighted by molar-refractivity contribution is 5.94. The second kappa shape index (κ2) is 10.0. The van der Waals surface area contributed by atoms with E-state index in [0.717, 1.165) is 30.5 Å². The van der Waals surface area contributed by atoms with Gasteiger partial charge in [-0.25, -0.2) is 4.79 Å². The molecule has 2 aromatic carbocycles. The van der Waals surface area contributed by atoms with Crippen molar-refractivity contribution in [3.8, 4) is 11.5 Å². The number of halogens is 3. The van der Waals surface area contributed by atoms with Gasteiger partial charge >= 0.3 is 12.2 Å². The summed E-state index contributed by atoms with van der Waals surface area (Å²) < 4.78 is 56.3. The van der Waals surface area contributed by atoms with Crippen LogP contribution in [0.5, 0.6) is 11.5 Å². The summed E-state index contributed by atoms with van der Waals surface area (Å²) in [6.07, 6.45) is -2.99. The monoisotopic (exact) mass is 479 g/mol. The quantitative estimate of drug-likeness (QED) is 0.659. The van der Waals surface area contributed by atoms with Crippen LogP contribution in [0.2, 0.25) is 0 Å². The summed E-state index contributed by atoms with van der Waals surface area (Å²) in [6.45, 7) is 2.51. The number of rotatable bonds is 5. The van der Waals surface area contributed by atoms with Crippen LogP contribution in [0, 0.1) is 0 Å². The van der Waals surface area contributed by atoms with Crippen molar-refractivity contribution in [2.45, 2.75) is 25.1 Å². The highest BCUT2D eigenvalue weighted by Gasteiger charge is 2.34. The fourth-order valence-corrected chi connectivity index (χ4v) is 4.50. The molecular weight excluding hydrogens is 451 g/mol. The molecule has 2 aromatic rings. The molecule has 0 bridgehead atoms. The van der Waals surface area contributed by atoms with E-state index in [0.29, 0.717) is 50.0 Å². The third-order valence-electron chi connectivity index (χ3n) is 6.22. The molecule has 1 N–H and O–H groups in total. The van der Waals surface area contributed by atoms with Gasteiger partial charge < -0.3 is 29.3 Å². The van der Waals surface area contributed by atoms with Crippen LogP contribution in [0.15, 0.2) is 36.4 Å². The minimum Gasteiger partial charge on any atom is -0.493 e. The molecule has 0 radical (unpaired) electrons. The average molecular weight is 479 g/mol. The molecule has 10 heteroatoms. The topological polar surface area (TPSA) is 63.3 Å². The van der Waals surface area contributed by atoms with Crippen LogP contribution in [-0.2, 0) is 10.9 Å². The number of nitrogens with zero attached hydrogens (tertiary/aromatic N) is 2. The molecule has 0 saturated carbocycles. The van der Waals surface area contributed by atoms with Crippen LogP contribution in [0.25, 0.3) is 0 Å². The number of carbonyl (C=O) groups is 1. The van der Waals surface area contributed by atoms with Crippen LogP contribution < -0.4 is 19.7 Å². The molecule has 0 aliphatic carbocycles. The van der Waals surface area contributed by atoms with E-state index in [-0.39, 0.29) is 11.7 Å². The first-order valence-electron chi connectivity index (χ1n) is 11.2. The van der Waals surface area contributed by atoms with Gasteiger partial charge in [0, 0.05) is 19.6 Å². The number of morpholine rings is 1. The number of benzene rings is 2. The van der Waals surface area contributed by atoms with E-state index in [1.807, 2.05) is 17.0 Å². The van der Waals surface area contributed by atoms with Gasteiger partial charge in [-0.2, -0.15) is 13.2 Å². The van der Waals surface area contributed by atoms with Crippen molar-refractivity contribution >= 4 is 17.4 Å². The smallest absolute Gasteiger partial charge is 0.416 e. The van der Waals surface area contributed by atoms with E-state index >= 15 is 0 Å². The van der Waals surface area contributed by atoms with Crippen molar-refractivity contribution < 1.29 is 32.2 Å². The summed E-state index contributed by atoms with van der Waals surface area (Å²) in [5, 5.41) is 2.76. The Morgan fingerprint density at radius 3 is 2.44 bits per heavy atom. The summed E-state index contributed by atoms with van der Waals surface area (Å²) in [7, 11) is 3.09. The number of alkyl halides is 3. The number of ether oxygens (including phenoxy) is 3. The molecule has 0 aromatic heterocycles. The largest absolute Gasteiger partial charge is 0.493 e. The molecule has 34 heavy (non-hydrogen) atoms. The van der Waals surface area contributed by atoms with Gasteiger partial charge in [-0.05, 0) is 48.7 Å². The molecule has 184 valence electrons. The number of hydrogen-bond donors (Lipinski definition) is 1. The normalized spacial score (nSPS) is 18.7. The lowest BCUT2D eigenvalue weighted by molar-refractivity contribution is -0.137. The second-order valence-corrected chi connectivity index (χ2v) is 8.23. The summed E-state index contributed by atoms with van der Waals surface area (Å²) in [6, 6.07) is 8.29. The fourth-order valence-electron chi connectivity index (χ4n) is 4.50. The molecule has 2 heterocycles. The Kier molecular flexibility index (Phi) is 7.06. The first-order chi connectivity index (χ1) is 16.3. The lowest BCUT2D eigenvalue weighted by atomic mass is 10.0. The molecule has 4 rings (SSSR count). The summed E-state index contributed by atoms with van der Waals surface area (Å²) in [4.78, 5) is 16.9. The maximum atomic E-state index is 13.4. The Labute approximate surface area is 196 Å². The second-order valence-electron chi connectivity index (χ2n) is 8.23. The standard InChI is InChI=1S/C24H28F3N3O4/c1-32-21-8-5-16(14-22(21)33-2)19-4-3-9-30(19)23(31)28-18-15-17(24(25,26)27)6-7-20(18)29-10-12-34-13-11-29/h5-8,14-15,19H,3-4,9-13H2,1-2H3,(H,28,31). The minimum absolute atomic E-state index is 0.139. The zero-order valence-corrected chi connectivity index (χ0v) is 19.2. The zero-order chi connectivity index (χ0) is 24.3. The van der Waals surface area contributed by atoms with Gasteiger partial charge in [-0.3, -0.25) is 0 Å². The molecule has 2 saturated heterocycles. The maximum absolute atomic E-state index is 13.4. The van der Waals surface area contributed by atoms with Gasteiger partial charge in [0.1, 0.15) is 0 Å². The Morgan fingerprint density at radius 1 is 1.03 bits per heavy atom. The number of likely N-dealkylation sites (tertiary alicyclic amines) is 1. The Morgan fingerprint density at radius 2 is 1.76 bits per heavy atom. The highest BCUT2D eigenvalue weighted by atomic mass is 19.4. The van der Waals surface area contributed by atoms with Crippen LogP contribution in [0.3, 0.4) is 0 Å². The van der Waals surface area contributed by atoms with E-state index < -0.39 is 17.8 Å². The van der Waals surface area contributed by atoms with E-state index in [1.54, 1.807) is 25.2 Å². The first-order valence-corrected chi connectivity index (χ1v) is 11.2. The lowest BCUT2D eigenvalue weighted by Crippen LogP contribution is -2.38. The van der Waals surface area contributed by atoms with Crippen molar-refractivity contribution in [1.29, 1.82) is 0 Å². The van der Waals surface area contributed by atoms with Gasteiger partial charge in [-0.15, -0.1) is 0 Å². The Bertz CT molecular complexity index is 1030. The molecule has 2 aliphatic rings. The van der Waals surface area contributed by atoms with Crippen LogP contribution in [-0.4, -0.2) is 58.0 Å². The highest BCUT2D eigenvalue weighted by Crippen LogP contribution is 2.39. The van der Waals surface area contributed by atoms with Gasteiger partial charge in [0.05, 0.1) is 50.4 Å². The molecule has 0 spiro atoms. The van der Waals surface area contributed by atoms with Crippen molar-refractivity contribution in [3.05, 3.63) is 47.5 Å². The van der Waals surface area contributed by atoms with Crippen molar-refractivity contribution in [3.63, 3.8) is 0 Å². The molecule has 7 nitrogen and oxygen atoms in total. The van der Waals surface area contributed by atoms with E-state index in [9.17, 15) is 18.0 Å². The average Bonchev–Trinajstić information content (AvgIpc) is 3.34. The number of anilines is 2. The predicted molar refractivity (Wildman–Crippen MR) is 122 cm³/mol. The van der Waals surface area contributed by atoms with Crippen LogP contribution in [0.1, 0.15) is 30.0 Å². The van der Waals surface area contributed by atoms with E-state index in [1.165, 1.54) is 6.07 Å². The van der Waals surface area contributed by atoms with Gasteiger partial charge in [-0.1, -0.05) is 6.07 Å². The van der Waals surface area contributed by atoms with E-state index in [4.69, 9.17) is 14.2 Å². The van der Waals surface area contributed by atoms with Crippen LogP contribution in [0.4, 0.5) is 29.3 Å². The maximum Gasteiger partial charge on any atom is 0.416 e. The van der Waals surface area contributed by atoms with Crippen molar-refractivity contribution in [2.75, 3.05) is 57.3 Å². The van der Waals surface area contributed by atoms with E-state index in [2.05, 4.69) is 5.32 Å².